The first-order chi connectivity index (χ1) is 9.85. The highest BCUT2D eigenvalue weighted by Gasteiger charge is 2.16. The second-order valence-corrected chi connectivity index (χ2v) is 5.85. The maximum absolute atomic E-state index is 4.71. The Morgan fingerprint density at radius 2 is 2.14 bits per heavy atom. The van der Waals surface area contributed by atoms with Crippen molar-refractivity contribution in [1.82, 2.24) is 20.2 Å². The number of hydrogen-bond acceptors (Lipinski definition) is 2. The fraction of sp³-hybridized carbons (Fsp3) is 0.733. The summed E-state index contributed by atoms with van der Waals surface area (Å²) in [4.78, 5) is 9.01. The minimum Gasteiger partial charge on any atom is -0.354 e. The van der Waals surface area contributed by atoms with Gasteiger partial charge in [0.05, 0.1) is 12.2 Å². The number of guanidine groups is 1. The molecule has 0 saturated heterocycles. The van der Waals surface area contributed by atoms with Crippen LogP contribution in [0.15, 0.2) is 11.2 Å². The van der Waals surface area contributed by atoms with Crippen LogP contribution >= 0.6 is 24.0 Å². The van der Waals surface area contributed by atoms with E-state index in [0.717, 1.165) is 31.2 Å². The van der Waals surface area contributed by atoms with Crippen molar-refractivity contribution >= 4 is 29.9 Å². The maximum atomic E-state index is 4.71. The Morgan fingerprint density at radius 3 is 2.86 bits per heavy atom. The number of halogens is 1. The van der Waals surface area contributed by atoms with Crippen molar-refractivity contribution in [3.63, 3.8) is 0 Å². The summed E-state index contributed by atoms with van der Waals surface area (Å²) in [6.07, 6.45) is 11.1. The highest BCUT2D eigenvalue weighted by atomic mass is 127. The molecule has 21 heavy (non-hydrogen) atoms. The third-order valence-corrected chi connectivity index (χ3v) is 4.32. The summed E-state index contributed by atoms with van der Waals surface area (Å²) in [7, 11) is 1.84. The van der Waals surface area contributed by atoms with E-state index >= 15 is 0 Å². The molecule has 118 valence electrons. The molecule has 2 N–H and O–H groups in total. The molecular weight excluding hydrogens is 377 g/mol. The molecule has 1 aliphatic heterocycles. The third-order valence-electron chi connectivity index (χ3n) is 4.32. The fourth-order valence-electron chi connectivity index (χ4n) is 3.19. The quantitative estimate of drug-likeness (QED) is 0.463. The summed E-state index contributed by atoms with van der Waals surface area (Å²) in [5.74, 6) is 2.15. The molecule has 3 rings (SSSR count). The van der Waals surface area contributed by atoms with Gasteiger partial charge in [0.1, 0.15) is 5.82 Å². The van der Waals surface area contributed by atoms with Crippen LogP contribution in [-0.4, -0.2) is 28.6 Å². The van der Waals surface area contributed by atoms with E-state index in [4.69, 9.17) is 4.98 Å². The van der Waals surface area contributed by atoms with Crippen LogP contribution in [0.4, 0.5) is 0 Å². The van der Waals surface area contributed by atoms with Gasteiger partial charge in [0.2, 0.25) is 0 Å². The highest BCUT2D eigenvalue weighted by molar-refractivity contribution is 14.0. The van der Waals surface area contributed by atoms with E-state index in [2.05, 4.69) is 26.4 Å². The van der Waals surface area contributed by atoms with Gasteiger partial charge in [-0.2, -0.15) is 0 Å². The molecule has 2 heterocycles. The van der Waals surface area contributed by atoms with Crippen LogP contribution in [0.3, 0.4) is 0 Å². The Balaban J connectivity index is 0.00000161. The number of rotatable bonds is 3. The molecule has 1 aliphatic carbocycles. The number of imidazole rings is 1. The Labute approximate surface area is 144 Å². The van der Waals surface area contributed by atoms with Gasteiger partial charge >= 0.3 is 0 Å². The highest BCUT2D eigenvalue weighted by Crippen LogP contribution is 2.17. The Morgan fingerprint density at radius 1 is 1.33 bits per heavy atom. The number of nitrogens with one attached hydrogen (secondary N) is 2. The van der Waals surface area contributed by atoms with Crippen molar-refractivity contribution in [2.24, 2.45) is 4.99 Å². The Bertz CT molecular complexity index is 453. The first-order valence-electron chi connectivity index (χ1n) is 7.87. The summed E-state index contributed by atoms with van der Waals surface area (Å²) in [5.41, 5.74) is 1.12. The van der Waals surface area contributed by atoms with Crippen molar-refractivity contribution < 1.29 is 0 Å². The van der Waals surface area contributed by atoms with Crippen LogP contribution in [-0.2, 0) is 19.5 Å². The molecule has 0 radical (unpaired) electrons. The number of nitrogens with zero attached hydrogens (tertiary/aromatic N) is 3. The summed E-state index contributed by atoms with van der Waals surface area (Å²) >= 11 is 0. The van der Waals surface area contributed by atoms with Gasteiger partial charge in [-0.15, -0.1) is 24.0 Å². The second-order valence-electron chi connectivity index (χ2n) is 5.85. The summed E-state index contributed by atoms with van der Waals surface area (Å²) < 4.78 is 2.30. The van der Waals surface area contributed by atoms with Gasteiger partial charge < -0.3 is 15.2 Å². The van der Waals surface area contributed by atoms with Crippen LogP contribution in [0.2, 0.25) is 0 Å². The molecule has 1 saturated carbocycles. The number of hydrogen-bond donors (Lipinski definition) is 2. The lowest BCUT2D eigenvalue weighted by molar-refractivity contribution is 0.522. The average molecular weight is 403 g/mol. The van der Waals surface area contributed by atoms with Crippen molar-refractivity contribution in [3.05, 3.63) is 17.7 Å². The monoisotopic (exact) mass is 403 g/mol. The molecule has 1 fully saturated rings. The smallest absolute Gasteiger partial charge is 0.191 e. The summed E-state index contributed by atoms with van der Waals surface area (Å²) in [6.45, 7) is 1.88. The largest absolute Gasteiger partial charge is 0.354 e. The summed E-state index contributed by atoms with van der Waals surface area (Å²) in [6, 6.07) is 0.594. The molecular formula is C15H26IN5. The minimum absolute atomic E-state index is 0. The van der Waals surface area contributed by atoms with Gasteiger partial charge in [-0.1, -0.05) is 12.8 Å². The number of aromatic nitrogens is 2. The fourth-order valence-corrected chi connectivity index (χ4v) is 3.19. The number of fused-ring (bicyclic) bond motifs is 1. The van der Waals surface area contributed by atoms with Crippen LogP contribution in [0.1, 0.15) is 50.0 Å². The Kier molecular flexibility index (Phi) is 6.32. The molecule has 0 aromatic carbocycles. The predicted octanol–water partition coefficient (Wildman–Crippen LogP) is 2.45. The van der Waals surface area contributed by atoms with E-state index in [9.17, 15) is 0 Å². The lowest BCUT2D eigenvalue weighted by atomic mass is 10.2. The molecule has 5 nitrogen and oxygen atoms in total. The topological polar surface area (TPSA) is 54.2 Å². The van der Waals surface area contributed by atoms with Gasteiger partial charge in [-0.05, 0) is 25.7 Å². The first-order valence-corrected chi connectivity index (χ1v) is 7.87. The van der Waals surface area contributed by atoms with E-state index in [0.29, 0.717) is 6.04 Å². The molecule has 0 atom stereocenters. The van der Waals surface area contributed by atoms with Crippen molar-refractivity contribution in [2.45, 2.75) is 64.1 Å². The minimum atomic E-state index is 0. The zero-order chi connectivity index (χ0) is 13.8. The maximum Gasteiger partial charge on any atom is 0.191 e. The van der Waals surface area contributed by atoms with E-state index in [1.54, 1.807) is 0 Å². The Hall–Kier alpha value is -0.790. The van der Waals surface area contributed by atoms with E-state index in [-0.39, 0.29) is 24.0 Å². The van der Waals surface area contributed by atoms with Crippen molar-refractivity contribution in [1.29, 1.82) is 0 Å². The van der Waals surface area contributed by atoms with Crippen molar-refractivity contribution in [2.75, 3.05) is 7.05 Å². The zero-order valence-electron chi connectivity index (χ0n) is 12.8. The lowest BCUT2D eigenvalue weighted by Gasteiger charge is -2.16. The van der Waals surface area contributed by atoms with Gasteiger partial charge in [-0.25, -0.2) is 4.98 Å². The van der Waals surface area contributed by atoms with Gasteiger partial charge in [-0.3, -0.25) is 4.99 Å². The second kappa shape index (κ2) is 8.00. The normalized spacial score (nSPS) is 19.0. The van der Waals surface area contributed by atoms with E-state index < -0.39 is 0 Å². The molecule has 0 spiro atoms. The SMILES string of the molecule is CN=C(NCc1cn2c(n1)CCCC2)NC1CCCC1.I. The number of aryl methyl sites for hydroxylation is 2. The molecule has 0 amide bonds. The van der Waals surface area contributed by atoms with Gasteiger partial charge in [0.15, 0.2) is 5.96 Å². The first kappa shape index (κ1) is 16.6. The van der Waals surface area contributed by atoms with Gasteiger partial charge in [0, 0.05) is 32.3 Å². The standard InChI is InChI=1S/C15H25N5.HI/c1-16-15(19-12-6-2-3-7-12)17-10-13-11-20-9-5-4-8-14(20)18-13;/h11-12H,2-10H2,1H3,(H2,16,17,19);1H. The van der Waals surface area contributed by atoms with Gasteiger partial charge in [0.25, 0.3) is 0 Å². The predicted molar refractivity (Wildman–Crippen MR) is 96.2 cm³/mol. The molecule has 1 aromatic heterocycles. The summed E-state index contributed by atoms with van der Waals surface area (Å²) in [5, 5.41) is 6.89. The molecule has 2 aliphatic rings. The molecule has 1 aromatic rings. The van der Waals surface area contributed by atoms with E-state index in [1.165, 1.54) is 44.3 Å². The zero-order valence-corrected chi connectivity index (χ0v) is 15.1. The van der Waals surface area contributed by atoms with Crippen molar-refractivity contribution in [3.8, 4) is 0 Å². The molecule has 0 unspecified atom stereocenters. The van der Waals surface area contributed by atoms with Crippen LogP contribution in [0, 0.1) is 0 Å². The molecule has 6 heteroatoms. The van der Waals surface area contributed by atoms with Crippen LogP contribution in [0.5, 0.6) is 0 Å². The third kappa shape index (κ3) is 4.34. The lowest BCUT2D eigenvalue weighted by Crippen LogP contribution is -2.42. The average Bonchev–Trinajstić information content (AvgIpc) is 3.12. The molecule has 0 bridgehead atoms. The van der Waals surface area contributed by atoms with Crippen LogP contribution < -0.4 is 10.6 Å². The van der Waals surface area contributed by atoms with Crippen LogP contribution in [0.25, 0.3) is 0 Å². The van der Waals surface area contributed by atoms with E-state index in [1.807, 2.05) is 7.05 Å². The number of aliphatic imine (C=N–C) groups is 1.